The summed E-state index contributed by atoms with van der Waals surface area (Å²) in [5.41, 5.74) is 0.546. The maximum absolute atomic E-state index is 12.5. The van der Waals surface area contributed by atoms with Gasteiger partial charge in [0.05, 0.1) is 5.69 Å². The first-order valence-corrected chi connectivity index (χ1v) is 6.61. The summed E-state index contributed by atoms with van der Waals surface area (Å²) in [6, 6.07) is 0. The lowest BCUT2D eigenvalue weighted by molar-refractivity contribution is 0.102. The Hall–Kier alpha value is -1.56. The Morgan fingerprint density at radius 3 is 2.78 bits per heavy atom. The molecule has 2 aromatic rings. The lowest BCUT2D eigenvalue weighted by Gasteiger charge is -2.15. The van der Waals surface area contributed by atoms with Crippen LogP contribution in [0.4, 0.5) is 0 Å². The Morgan fingerprint density at radius 2 is 2.17 bits per heavy atom. The molecule has 0 aliphatic heterocycles. The Labute approximate surface area is 110 Å². The summed E-state index contributed by atoms with van der Waals surface area (Å²) in [5.74, 6) is 0.357. The lowest BCUT2D eigenvalue weighted by atomic mass is 9.90. The summed E-state index contributed by atoms with van der Waals surface area (Å²) in [7, 11) is 0. The fourth-order valence-corrected chi connectivity index (χ4v) is 2.52. The van der Waals surface area contributed by atoms with Crippen LogP contribution in [-0.2, 0) is 12.0 Å². The van der Waals surface area contributed by atoms with E-state index < -0.39 is 0 Å². The van der Waals surface area contributed by atoms with Gasteiger partial charge in [-0.2, -0.15) is 0 Å². The van der Waals surface area contributed by atoms with Crippen LogP contribution in [0.15, 0.2) is 12.4 Å². The molecule has 0 unspecified atom stereocenters. The van der Waals surface area contributed by atoms with Crippen molar-refractivity contribution in [1.82, 2.24) is 19.1 Å². The topological polar surface area (TPSA) is 60.7 Å². The monoisotopic (exact) mass is 264 g/mol. The van der Waals surface area contributed by atoms with Gasteiger partial charge in [0.1, 0.15) is 4.88 Å². The van der Waals surface area contributed by atoms with Crippen LogP contribution in [0, 0.1) is 0 Å². The molecule has 2 heterocycles. The molecule has 0 aliphatic rings. The smallest absolute Gasteiger partial charge is 0.241 e. The van der Waals surface area contributed by atoms with Crippen LogP contribution in [-0.4, -0.2) is 24.9 Å². The number of carbonyl (C=O) groups excluding carboxylic acids is 1. The van der Waals surface area contributed by atoms with Crippen LogP contribution in [0.3, 0.4) is 0 Å². The zero-order chi connectivity index (χ0) is 13.3. The van der Waals surface area contributed by atoms with E-state index in [1.807, 2.05) is 32.3 Å². The number of rotatable bonds is 3. The third-order valence-electron chi connectivity index (χ3n) is 2.66. The molecule has 5 nitrogen and oxygen atoms in total. The molecule has 0 amide bonds. The normalized spacial score (nSPS) is 11.8. The molecule has 0 bridgehead atoms. The van der Waals surface area contributed by atoms with Gasteiger partial charge in [0.25, 0.3) is 0 Å². The first-order chi connectivity index (χ1) is 8.45. The van der Waals surface area contributed by atoms with E-state index in [2.05, 4.69) is 14.6 Å². The number of hydrogen-bond donors (Lipinski definition) is 0. The minimum atomic E-state index is -0.193. The Kier molecular flexibility index (Phi) is 3.30. The van der Waals surface area contributed by atoms with Crippen LogP contribution in [0.25, 0.3) is 0 Å². The highest BCUT2D eigenvalue weighted by Crippen LogP contribution is 2.27. The second-order valence-corrected chi connectivity index (χ2v) is 5.82. The third kappa shape index (κ3) is 2.20. The van der Waals surface area contributed by atoms with Gasteiger partial charge >= 0.3 is 0 Å². The molecule has 2 aromatic heterocycles. The highest BCUT2D eigenvalue weighted by atomic mass is 32.1. The van der Waals surface area contributed by atoms with Crippen molar-refractivity contribution in [2.45, 2.75) is 39.7 Å². The summed E-state index contributed by atoms with van der Waals surface area (Å²) in [6.45, 7) is 8.76. The molecule has 0 fully saturated rings. The molecule has 0 N–H and O–H groups in total. The molecule has 0 aliphatic carbocycles. The molecule has 0 saturated heterocycles. The molecule has 0 radical (unpaired) electrons. The minimum absolute atomic E-state index is 0.0956. The van der Waals surface area contributed by atoms with Gasteiger partial charge in [-0.25, -0.2) is 4.98 Å². The number of carbonyl (C=O) groups is 1. The van der Waals surface area contributed by atoms with Crippen LogP contribution >= 0.6 is 11.5 Å². The summed E-state index contributed by atoms with van der Waals surface area (Å²) >= 11 is 1.14. The molecule has 18 heavy (non-hydrogen) atoms. The van der Waals surface area contributed by atoms with Crippen molar-refractivity contribution < 1.29 is 4.79 Å². The number of aromatic nitrogens is 4. The van der Waals surface area contributed by atoms with E-state index in [-0.39, 0.29) is 11.2 Å². The Bertz CT molecular complexity index is 565. The van der Waals surface area contributed by atoms with Crippen molar-refractivity contribution in [3.8, 4) is 0 Å². The number of imidazole rings is 1. The summed E-state index contributed by atoms with van der Waals surface area (Å²) in [5, 5.41) is 4.08. The predicted molar refractivity (Wildman–Crippen MR) is 69.9 cm³/mol. The van der Waals surface area contributed by atoms with E-state index in [4.69, 9.17) is 0 Å². The largest absolute Gasteiger partial charge is 0.328 e. The van der Waals surface area contributed by atoms with Crippen molar-refractivity contribution in [3.05, 3.63) is 28.8 Å². The second kappa shape index (κ2) is 4.61. The maximum atomic E-state index is 12.5. The van der Waals surface area contributed by atoms with Gasteiger partial charge in [0, 0.05) is 24.4 Å². The van der Waals surface area contributed by atoms with Gasteiger partial charge in [-0.1, -0.05) is 25.3 Å². The predicted octanol–water partition coefficient (Wildman–Crippen LogP) is 2.28. The van der Waals surface area contributed by atoms with E-state index in [0.717, 1.165) is 23.8 Å². The van der Waals surface area contributed by atoms with E-state index in [0.29, 0.717) is 10.7 Å². The van der Waals surface area contributed by atoms with Gasteiger partial charge in [-0.15, -0.1) is 5.10 Å². The molecular weight excluding hydrogens is 248 g/mol. The van der Waals surface area contributed by atoms with Crippen LogP contribution < -0.4 is 0 Å². The first kappa shape index (κ1) is 12.9. The van der Waals surface area contributed by atoms with Crippen molar-refractivity contribution in [2.24, 2.45) is 0 Å². The van der Waals surface area contributed by atoms with Gasteiger partial charge < -0.3 is 4.57 Å². The average molecular weight is 264 g/mol. The molecule has 0 atom stereocenters. The zero-order valence-corrected chi connectivity index (χ0v) is 11.8. The Morgan fingerprint density at radius 1 is 1.44 bits per heavy atom. The van der Waals surface area contributed by atoms with E-state index in [1.54, 1.807) is 12.4 Å². The molecule has 6 heteroatoms. The molecule has 2 rings (SSSR count). The molecular formula is C12H16N4OS. The number of ketones is 1. The lowest BCUT2D eigenvalue weighted by Crippen LogP contribution is -2.18. The number of aryl methyl sites for hydroxylation is 1. The summed E-state index contributed by atoms with van der Waals surface area (Å²) < 4.78 is 5.74. The van der Waals surface area contributed by atoms with Gasteiger partial charge in [-0.3, -0.25) is 4.79 Å². The van der Waals surface area contributed by atoms with Crippen molar-refractivity contribution in [1.29, 1.82) is 0 Å². The SMILES string of the molecule is CCn1ccnc1C(=O)c1snnc1C(C)(C)C. The third-order valence-corrected chi connectivity index (χ3v) is 3.39. The maximum Gasteiger partial charge on any atom is 0.241 e. The molecule has 96 valence electrons. The second-order valence-electron chi connectivity index (χ2n) is 5.07. The van der Waals surface area contributed by atoms with Crippen LogP contribution in [0.2, 0.25) is 0 Å². The highest BCUT2D eigenvalue weighted by Gasteiger charge is 2.28. The summed E-state index contributed by atoms with van der Waals surface area (Å²) in [4.78, 5) is 17.2. The fraction of sp³-hybridized carbons (Fsp3) is 0.500. The average Bonchev–Trinajstić information content (AvgIpc) is 2.95. The van der Waals surface area contributed by atoms with Crippen molar-refractivity contribution in [2.75, 3.05) is 0 Å². The quantitative estimate of drug-likeness (QED) is 0.798. The first-order valence-electron chi connectivity index (χ1n) is 5.83. The van der Waals surface area contributed by atoms with Gasteiger partial charge in [-0.05, 0) is 18.5 Å². The molecule has 0 aromatic carbocycles. The summed E-state index contributed by atoms with van der Waals surface area (Å²) in [6.07, 6.45) is 3.44. The zero-order valence-electron chi connectivity index (χ0n) is 11.0. The molecule has 0 spiro atoms. The number of nitrogens with zero attached hydrogens (tertiary/aromatic N) is 4. The van der Waals surface area contributed by atoms with Gasteiger partial charge in [0.2, 0.25) is 5.78 Å². The minimum Gasteiger partial charge on any atom is -0.328 e. The van der Waals surface area contributed by atoms with Crippen LogP contribution in [0.1, 0.15) is 48.9 Å². The van der Waals surface area contributed by atoms with Crippen molar-refractivity contribution in [3.63, 3.8) is 0 Å². The molecule has 0 saturated carbocycles. The van der Waals surface area contributed by atoms with Crippen LogP contribution in [0.5, 0.6) is 0 Å². The van der Waals surface area contributed by atoms with E-state index in [9.17, 15) is 4.79 Å². The number of hydrogen-bond acceptors (Lipinski definition) is 5. The Balaban J connectivity index is 2.45. The highest BCUT2D eigenvalue weighted by molar-refractivity contribution is 7.08. The van der Waals surface area contributed by atoms with Gasteiger partial charge in [0.15, 0.2) is 5.82 Å². The standard InChI is InChI=1S/C12H16N4OS/c1-5-16-7-6-13-11(16)8(17)9-10(12(2,3)4)14-15-18-9/h6-7H,5H2,1-4H3. The van der Waals surface area contributed by atoms with E-state index in [1.165, 1.54) is 0 Å². The van der Waals surface area contributed by atoms with Crippen molar-refractivity contribution >= 4 is 17.3 Å². The fourth-order valence-electron chi connectivity index (χ4n) is 1.71. The van der Waals surface area contributed by atoms with E-state index >= 15 is 0 Å².